The van der Waals surface area contributed by atoms with E-state index in [0.717, 1.165) is 18.0 Å². The molecule has 1 aliphatic heterocycles. The molecule has 0 radical (unpaired) electrons. The summed E-state index contributed by atoms with van der Waals surface area (Å²) in [6, 6.07) is 6.72. The van der Waals surface area contributed by atoms with Gasteiger partial charge in [-0.3, -0.25) is 15.0 Å². The summed E-state index contributed by atoms with van der Waals surface area (Å²) in [7, 11) is 0. The molecule has 0 aliphatic carbocycles. The van der Waals surface area contributed by atoms with Crippen LogP contribution in [0.2, 0.25) is 0 Å². The number of amides is 3. The largest absolute Gasteiger partial charge is 0.486 e. The molecule has 1 aromatic rings. The van der Waals surface area contributed by atoms with Crippen LogP contribution in [0.1, 0.15) is 13.3 Å². The molecule has 3 amide bonds. The Balaban J connectivity index is 1.81. The molecule has 1 unspecified atom stereocenters. The van der Waals surface area contributed by atoms with Crippen molar-refractivity contribution >= 4 is 11.9 Å². The maximum absolute atomic E-state index is 11.4. The van der Waals surface area contributed by atoms with Crippen molar-refractivity contribution < 1.29 is 19.1 Å². The zero-order valence-electron chi connectivity index (χ0n) is 12.6. The Labute approximate surface area is 129 Å². The normalized spacial score (nSPS) is 16.4. The second-order valence-corrected chi connectivity index (χ2v) is 5.05. The van der Waals surface area contributed by atoms with Crippen LogP contribution in [0.5, 0.6) is 11.5 Å². The third-order valence-electron chi connectivity index (χ3n) is 3.39. The number of nitrogens with one attached hydrogen (secondary N) is 1. The smallest absolute Gasteiger partial charge is 0.318 e. The fraction of sp³-hybridized carbons (Fsp3) is 0.467. The molecule has 120 valence electrons. The van der Waals surface area contributed by atoms with Crippen LogP contribution in [0, 0.1) is 0 Å². The standard InChI is InChI=1S/C15H21N3O4/c1-2-18(8-7-14(19)17-15(16)20)9-11-10-21-12-5-3-4-6-13(12)22-11/h3-6,11H,2,7-10H2,1H3,(H3,16,17,19,20). The second kappa shape index (κ2) is 7.65. The number of benzene rings is 1. The van der Waals surface area contributed by atoms with Gasteiger partial charge in [-0.05, 0) is 18.7 Å². The minimum Gasteiger partial charge on any atom is -0.486 e. The monoisotopic (exact) mass is 307 g/mol. The number of likely N-dealkylation sites (N-methyl/N-ethyl adjacent to an activating group) is 1. The van der Waals surface area contributed by atoms with Gasteiger partial charge in [-0.2, -0.15) is 0 Å². The second-order valence-electron chi connectivity index (χ2n) is 5.05. The summed E-state index contributed by atoms with van der Waals surface area (Å²) in [4.78, 5) is 24.1. The fourth-order valence-electron chi connectivity index (χ4n) is 2.28. The lowest BCUT2D eigenvalue weighted by Gasteiger charge is -2.30. The van der Waals surface area contributed by atoms with E-state index in [0.29, 0.717) is 19.7 Å². The van der Waals surface area contributed by atoms with Crippen LogP contribution >= 0.6 is 0 Å². The van der Waals surface area contributed by atoms with E-state index in [1.54, 1.807) is 0 Å². The number of para-hydroxylation sites is 2. The van der Waals surface area contributed by atoms with Crippen molar-refractivity contribution in [2.45, 2.75) is 19.4 Å². The molecule has 0 bridgehead atoms. The Kier molecular flexibility index (Phi) is 5.60. The molecule has 7 nitrogen and oxygen atoms in total. The number of rotatable bonds is 6. The van der Waals surface area contributed by atoms with Gasteiger partial charge in [0.1, 0.15) is 12.7 Å². The van der Waals surface area contributed by atoms with Gasteiger partial charge < -0.3 is 15.2 Å². The Bertz CT molecular complexity index is 535. The number of ether oxygens (including phenoxy) is 2. The van der Waals surface area contributed by atoms with Crippen molar-refractivity contribution in [1.29, 1.82) is 0 Å². The van der Waals surface area contributed by atoms with Crippen LogP contribution in [0.25, 0.3) is 0 Å². The molecule has 0 aromatic heterocycles. The molecule has 1 aliphatic rings. The molecule has 22 heavy (non-hydrogen) atoms. The van der Waals surface area contributed by atoms with Crippen LogP contribution in [-0.4, -0.2) is 49.2 Å². The highest BCUT2D eigenvalue weighted by Crippen LogP contribution is 2.30. The number of nitrogens with two attached hydrogens (primary N) is 1. The molecular formula is C15H21N3O4. The highest BCUT2D eigenvalue weighted by atomic mass is 16.6. The van der Waals surface area contributed by atoms with E-state index in [1.165, 1.54) is 0 Å². The third kappa shape index (κ3) is 4.63. The lowest BCUT2D eigenvalue weighted by Crippen LogP contribution is -2.43. The Hall–Kier alpha value is -2.28. The first-order valence-electron chi connectivity index (χ1n) is 7.28. The molecule has 2 rings (SSSR count). The van der Waals surface area contributed by atoms with E-state index >= 15 is 0 Å². The number of carbonyl (C=O) groups excluding carboxylic acids is 2. The van der Waals surface area contributed by atoms with Crippen molar-refractivity contribution in [2.75, 3.05) is 26.2 Å². The fourth-order valence-corrected chi connectivity index (χ4v) is 2.28. The van der Waals surface area contributed by atoms with Gasteiger partial charge in [0.05, 0.1) is 0 Å². The van der Waals surface area contributed by atoms with Gasteiger partial charge in [0.2, 0.25) is 5.91 Å². The predicted molar refractivity (Wildman–Crippen MR) is 80.8 cm³/mol. The minimum absolute atomic E-state index is 0.0888. The number of fused-ring (bicyclic) bond motifs is 1. The molecule has 3 N–H and O–H groups in total. The molecule has 0 saturated carbocycles. The number of carbonyl (C=O) groups is 2. The van der Waals surface area contributed by atoms with Gasteiger partial charge in [-0.15, -0.1) is 0 Å². The number of primary amides is 1. The van der Waals surface area contributed by atoms with Crippen molar-refractivity contribution in [3.63, 3.8) is 0 Å². The molecule has 7 heteroatoms. The van der Waals surface area contributed by atoms with Crippen molar-refractivity contribution in [3.05, 3.63) is 24.3 Å². The summed E-state index contributed by atoms with van der Waals surface area (Å²) in [5.41, 5.74) is 4.91. The van der Waals surface area contributed by atoms with E-state index in [9.17, 15) is 9.59 Å². The van der Waals surface area contributed by atoms with Gasteiger partial charge in [-0.25, -0.2) is 4.79 Å². The average Bonchev–Trinajstić information content (AvgIpc) is 2.50. The number of nitrogens with zero attached hydrogens (tertiary/aromatic N) is 1. The minimum atomic E-state index is -0.825. The van der Waals surface area contributed by atoms with E-state index in [-0.39, 0.29) is 18.4 Å². The third-order valence-corrected chi connectivity index (χ3v) is 3.39. The summed E-state index contributed by atoms with van der Waals surface area (Å²) in [6.07, 6.45) is 0.120. The lowest BCUT2D eigenvalue weighted by molar-refractivity contribution is -0.120. The quantitative estimate of drug-likeness (QED) is 0.808. The van der Waals surface area contributed by atoms with E-state index < -0.39 is 6.03 Å². The molecule has 1 aromatic carbocycles. The van der Waals surface area contributed by atoms with E-state index in [4.69, 9.17) is 15.2 Å². The molecule has 1 heterocycles. The molecule has 0 saturated heterocycles. The lowest BCUT2D eigenvalue weighted by atomic mass is 10.2. The van der Waals surface area contributed by atoms with Crippen LogP contribution < -0.4 is 20.5 Å². The Morgan fingerprint density at radius 2 is 2.09 bits per heavy atom. The average molecular weight is 307 g/mol. The summed E-state index contributed by atoms with van der Waals surface area (Å²) in [6.45, 7) is 4.42. The van der Waals surface area contributed by atoms with Gasteiger partial charge in [0, 0.05) is 19.5 Å². The molecule has 0 fully saturated rings. The topological polar surface area (TPSA) is 93.9 Å². The van der Waals surface area contributed by atoms with Gasteiger partial charge >= 0.3 is 6.03 Å². The Morgan fingerprint density at radius 3 is 2.77 bits per heavy atom. The SMILES string of the molecule is CCN(CCC(=O)NC(N)=O)CC1COc2ccccc2O1. The van der Waals surface area contributed by atoms with Crippen molar-refractivity contribution in [2.24, 2.45) is 5.73 Å². The van der Waals surface area contributed by atoms with Gasteiger partial charge in [0.25, 0.3) is 0 Å². The summed E-state index contributed by atoms with van der Waals surface area (Å²) < 4.78 is 11.6. The highest BCUT2D eigenvalue weighted by molar-refractivity contribution is 5.93. The van der Waals surface area contributed by atoms with Crippen molar-refractivity contribution in [1.82, 2.24) is 10.2 Å². The van der Waals surface area contributed by atoms with Crippen LogP contribution in [0.4, 0.5) is 4.79 Å². The molecule has 1 atom stereocenters. The summed E-state index contributed by atoms with van der Waals surface area (Å²) in [5.74, 6) is 1.11. The van der Waals surface area contributed by atoms with Gasteiger partial charge in [0.15, 0.2) is 11.5 Å². The van der Waals surface area contributed by atoms with Crippen LogP contribution in [0.3, 0.4) is 0 Å². The van der Waals surface area contributed by atoms with E-state index in [1.807, 2.05) is 31.2 Å². The van der Waals surface area contributed by atoms with E-state index in [2.05, 4.69) is 10.2 Å². The summed E-state index contributed by atoms with van der Waals surface area (Å²) in [5, 5.41) is 2.06. The zero-order valence-corrected chi connectivity index (χ0v) is 12.6. The highest BCUT2D eigenvalue weighted by Gasteiger charge is 2.22. The van der Waals surface area contributed by atoms with Gasteiger partial charge in [-0.1, -0.05) is 19.1 Å². The number of hydrogen-bond acceptors (Lipinski definition) is 5. The number of urea groups is 1. The summed E-state index contributed by atoms with van der Waals surface area (Å²) >= 11 is 0. The first-order valence-corrected chi connectivity index (χ1v) is 7.28. The number of imide groups is 1. The first-order chi connectivity index (χ1) is 10.6. The van der Waals surface area contributed by atoms with Crippen molar-refractivity contribution in [3.8, 4) is 11.5 Å². The maximum atomic E-state index is 11.4. The Morgan fingerprint density at radius 1 is 1.36 bits per heavy atom. The van der Waals surface area contributed by atoms with Crippen LogP contribution in [-0.2, 0) is 4.79 Å². The molecule has 0 spiro atoms. The zero-order chi connectivity index (χ0) is 15.9. The predicted octanol–water partition coefficient (Wildman–Crippen LogP) is 0.733. The van der Waals surface area contributed by atoms with Crippen LogP contribution in [0.15, 0.2) is 24.3 Å². The number of hydrogen-bond donors (Lipinski definition) is 2. The first kappa shape index (κ1) is 16.1. The maximum Gasteiger partial charge on any atom is 0.318 e. The molecular weight excluding hydrogens is 286 g/mol.